The molecule has 0 bridgehead atoms. The first-order valence-electron chi connectivity index (χ1n) is 9.16. The first kappa shape index (κ1) is 19.8. The van der Waals surface area contributed by atoms with Gasteiger partial charge in [0.15, 0.2) is 5.69 Å². The van der Waals surface area contributed by atoms with Crippen molar-refractivity contribution in [3.63, 3.8) is 0 Å². The molecule has 0 aliphatic heterocycles. The van der Waals surface area contributed by atoms with Crippen LogP contribution in [0.15, 0.2) is 35.1 Å². The molecule has 0 fully saturated rings. The van der Waals surface area contributed by atoms with Crippen LogP contribution in [0.4, 0.5) is 0 Å². The van der Waals surface area contributed by atoms with Crippen LogP contribution >= 0.6 is 11.3 Å². The lowest BCUT2D eigenvalue weighted by molar-refractivity contribution is 0.0845. The van der Waals surface area contributed by atoms with Crippen molar-refractivity contribution in [3.8, 4) is 0 Å². The first-order chi connectivity index (χ1) is 13.5. The summed E-state index contributed by atoms with van der Waals surface area (Å²) in [6.07, 6.45) is 1.56. The third-order valence-corrected chi connectivity index (χ3v) is 5.75. The largest absolute Gasteiger partial charge is 0.290 e. The van der Waals surface area contributed by atoms with E-state index in [2.05, 4.69) is 16.0 Å². The van der Waals surface area contributed by atoms with Gasteiger partial charge in [-0.15, -0.1) is 11.3 Å². The summed E-state index contributed by atoms with van der Waals surface area (Å²) in [5, 5.41) is 5.09. The Labute approximate surface area is 166 Å². The molecule has 0 saturated carbocycles. The standard InChI is InChI=1S/C20H22N4O3S/c1-4-10-24-20(27)14-9-7-6-8-13(14)17(23-24)19(26)22-21-18(25)16-11-12(3)15(5-2)28-16/h6-9,11H,4-5,10H2,1-3H3,(H,21,25)(H,22,26). The van der Waals surface area contributed by atoms with Crippen molar-refractivity contribution in [1.82, 2.24) is 20.6 Å². The van der Waals surface area contributed by atoms with Gasteiger partial charge >= 0.3 is 0 Å². The maximum absolute atomic E-state index is 12.7. The molecule has 2 amide bonds. The van der Waals surface area contributed by atoms with Crippen LogP contribution in [0.1, 0.15) is 50.9 Å². The number of benzene rings is 1. The fraction of sp³-hybridized carbons (Fsp3) is 0.300. The molecule has 8 heteroatoms. The van der Waals surface area contributed by atoms with Crippen LogP contribution in [0.2, 0.25) is 0 Å². The normalized spacial score (nSPS) is 10.8. The third-order valence-electron chi connectivity index (χ3n) is 4.37. The summed E-state index contributed by atoms with van der Waals surface area (Å²) >= 11 is 1.40. The molecule has 2 aromatic heterocycles. The maximum Gasteiger partial charge on any atom is 0.290 e. The van der Waals surface area contributed by atoms with E-state index in [0.717, 1.165) is 16.9 Å². The Morgan fingerprint density at radius 3 is 2.43 bits per heavy atom. The van der Waals surface area contributed by atoms with Crippen molar-refractivity contribution in [1.29, 1.82) is 0 Å². The zero-order chi connectivity index (χ0) is 20.3. The summed E-state index contributed by atoms with van der Waals surface area (Å²) in [6, 6.07) is 8.63. The van der Waals surface area contributed by atoms with Crippen molar-refractivity contribution >= 4 is 33.9 Å². The Hall–Kier alpha value is -3.00. The SMILES string of the molecule is CCCn1nc(C(=O)NNC(=O)c2cc(C)c(CC)s2)c2ccccc2c1=O. The van der Waals surface area contributed by atoms with Crippen LogP contribution in [0, 0.1) is 6.92 Å². The highest BCUT2D eigenvalue weighted by molar-refractivity contribution is 7.14. The minimum atomic E-state index is -0.571. The van der Waals surface area contributed by atoms with Crippen molar-refractivity contribution < 1.29 is 9.59 Å². The number of aryl methyl sites for hydroxylation is 3. The molecule has 0 aliphatic rings. The van der Waals surface area contributed by atoms with E-state index in [1.807, 2.05) is 20.8 Å². The van der Waals surface area contributed by atoms with E-state index >= 15 is 0 Å². The predicted octanol–water partition coefficient (Wildman–Crippen LogP) is 2.81. The van der Waals surface area contributed by atoms with E-state index in [-0.39, 0.29) is 17.2 Å². The van der Waals surface area contributed by atoms with Gasteiger partial charge in [0, 0.05) is 16.8 Å². The van der Waals surface area contributed by atoms with Gasteiger partial charge in [-0.25, -0.2) is 4.68 Å². The number of nitrogens with one attached hydrogen (secondary N) is 2. The smallest absolute Gasteiger partial charge is 0.267 e. The molecule has 0 atom stereocenters. The molecule has 146 valence electrons. The summed E-state index contributed by atoms with van der Waals surface area (Å²) in [6.45, 7) is 6.32. The number of hydrogen-bond donors (Lipinski definition) is 2. The van der Waals surface area contributed by atoms with Crippen LogP contribution < -0.4 is 16.4 Å². The first-order valence-corrected chi connectivity index (χ1v) is 9.97. The Bertz CT molecular complexity index is 1100. The van der Waals surface area contributed by atoms with E-state index in [1.165, 1.54) is 16.0 Å². The molecule has 3 rings (SSSR count). The molecule has 0 aliphatic carbocycles. The lowest BCUT2D eigenvalue weighted by Gasteiger charge is -2.11. The van der Waals surface area contributed by atoms with E-state index in [9.17, 15) is 14.4 Å². The Balaban J connectivity index is 1.86. The van der Waals surface area contributed by atoms with Crippen molar-refractivity contribution in [3.05, 3.63) is 61.7 Å². The summed E-state index contributed by atoms with van der Waals surface area (Å²) in [4.78, 5) is 39.2. The van der Waals surface area contributed by atoms with E-state index in [1.54, 1.807) is 30.3 Å². The van der Waals surface area contributed by atoms with Gasteiger partial charge in [-0.2, -0.15) is 5.10 Å². The topological polar surface area (TPSA) is 93.1 Å². The number of amides is 2. The van der Waals surface area contributed by atoms with Crippen molar-refractivity contribution in [2.45, 2.75) is 40.2 Å². The number of carbonyl (C=O) groups excluding carboxylic acids is 2. The van der Waals surface area contributed by atoms with Crippen LogP contribution in [0.25, 0.3) is 10.8 Å². The van der Waals surface area contributed by atoms with Gasteiger partial charge in [-0.3, -0.25) is 25.2 Å². The minimum Gasteiger partial charge on any atom is -0.267 e. The Morgan fingerprint density at radius 1 is 1.11 bits per heavy atom. The highest BCUT2D eigenvalue weighted by Crippen LogP contribution is 2.22. The van der Waals surface area contributed by atoms with Gasteiger partial charge in [0.25, 0.3) is 17.4 Å². The number of fused-ring (bicyclic) bond motifs is 1. The number of hydrazine groups is 1. The summed E-state index contributed by atoms with van der Waals surface area (Å²) in [5.74, 6) is -0.953. The van der Waals surface area contributed by atoms with Gasteiger partial charge < -0.3 is 0 Å². The number of nitrogens with zero attached hydrogens (tertiary/aromatic N) is 2. The minimum absolute atomic E-state index is 0.0977. The molecule has 2 N–H and O–H groups in total. The second kappa shape index (κ2) is 8.35. The van der Waals surface area contributed by atoms with Crippen molar-refractivity contribution in [2.75, 3.05) is 0 Å². The molecule has 3 aromatic rings. The fourth-order valence-corrected chi connectivity index (χ4v) is 3.99. The molecule has 28 heavy (non-hydrogen) atoms. The highest BCUT2D eigenvalue weighted by atomic mass is 32.1. The number of aromatic nitrogens is 2. The average Bonchev–Trinajstić information content (AvgIpc) is 3.09. The molecule has 7 nitrogen and oxygen atoms in total. The lowest BCUT2D eigenvalue weighted by Crippen LogP contribution is -2.42. The van der Waals surface area contributed by atoms with Gasteiger partial charge in [-0.1, -0.05) is 32.0 Å². The lowest BCUT2D eigenvalue weighted by atomic mass is 10.1. The second-order valence-electron chi connectivity index (χ2n) is 6.40. The molecule has 0 saturated heterocycles. The average molecular weight is 398 g/mol. The molecular weight excluding hydrogens is 376 g/mol. The number of thiophene rings is 1. The Morgan fingerprint density at radius 2 is 1.79 bits per heavy atom. The van der Waals surface area contributed by atoms with Crippen LogP contribution in [0.5, 0.6) is 0 Å². The second-order valence-corrected chi connectivity index (χ2v) is 7.54. The van der Waals surface area contributed by atoms with E-state index < -0.39 is 5.91 Å². The van der Waals surface area contributed by atoms with E-state index in [0.29, 0.717) is 28.6 Å². The molecule has 0 unspecified atom stereocenters. The predicted molar refractivity (Wildman–Crippen MR) is 110 cm³/mol. The summed E-state index contributed by atoms with van der Waals surface area (Å²) in [5.41, 5.74) is 5.77. The van der Waals surface area contributed by atoms with E-state index in [4.69, 9.17) is 0 Å². The Kier molecular flexibility index (Phi) is 5.89. The number of carbonyl (C=O) groups is 2. The number of rotatable bonds is 5. The zero-order valence-corrected chi connectivity index (χ0v) is 16.9. The highest BCUT2D eigenvalue weighted by Gasteiger charge is 2.18. The van der Waals surface area contributed by atoms with Gasteiger partial charge in [-0.05, 0) is 37.5 Å². The molecule has 1 aromatic carbocycles. The van der Waals surface area contributed by atoms with Gasteiger partial charge in [0.2, 0.25) is 0 Å². The fourth-order valence-electron chi connectivity index (χ4n) is 2.98. The molecule has 0 spiro atoms. The van der Waals surface area contributed by atoms with Crippen molar-refractivity contribution in [2.24, 2.45) is 0 Å². The molecular formula is C20H22N4O3S. The van der Waals surface area contributed by atoms with Gasteiger partial charge in [0.1, 0.15) is 0 Å². The van der Waals surface area contributed by atoms with Crippen LogP contribution in [-0.4, -0.2) is 21.6 Å². The molecule has 0 radical (unpaired) electrons. The number of hydrogen-bond acceptors (Lipinski definition) is 5. The third kappa shape index (κ3) is 3.82. The van der Waals surface area contributed by atoms with Crippen LogP contribution in [0.3, 0.4) is 0 Å². The summed E-state index contributed by atoms with van der Waals surface area (Å²) in [7, 11) is 0. The van der Waals surface area contributed by atoms with Crippen LogP contribution in [-0.2, 0) is 13.0 Å². The quantitative estimate of drug-likeness (QED) is 0.647. The maximum atomic E-state index is 12.7. The zero-order valence-electron chi connectivity index (χ0n) is 16.0. The van der Waals surface area contributed by atoms with Gasteiger partial charge in [0.05, 0.1) is 10.3 Å². The monoisotopic (exact) mass is 398 g/mol. The summed E-state index contributed by atoms with van der Waals surface area (Å²) < 4.78 is 1.29. The molecule has 2 heterocycles.